The number of rotatable bonds is 4. The first-order chi connectivity index (χ1) is 12.8. The molecule has 3 aromatic heterocycles. The lowest BCUT2D eigenvalue weighted by Crippen LogP contribution is -2.47. The molecule has 7 nitrogen and oxygen atoms in total. The number of aromatic nitrogens is 5. The van der Waals surface area contributed by atoms with Crippen LogP contribution in [0.1, 0.15) is 37.2 Å². The fourth-order valence-electron chi connectivity index (χ4n) is 3.63. The Morgan fingerprint density at radius 2 is 1.88 bits per heavy atom. The zero-order chi connectivity index (χ0) is 17.5. The van der Waals surface area contributed by atoms with E-state index in [1.54, 1.807) is 6.33 Å². The van der Waals surface area contributed by atoms with E-state index in [4.69, 9.17) is 9.97 Å². The number of hydrogen-bond donors (Lipinski definition) is 1. The van der Waals surface area contributed by atoms with Gasteiger partial charge >= 0.3 is 0 Å². The average Bonchev–Trinajstić information content (AvgIpc) is 3.44. The van der Waals surface area contributed by atoms with Crippen molar-refractivity contribution in [2.45, 2.75) is 32.1 Å². The Kier molecular flexibility index (Phi) is 3.72. The topological polar surface area (TPSA) is 73.8 Å². The summed E-state index contributed by atoms with van der Waals surface area (Å²) in [4.78, 5) is 26.3. The van der Waals surface area contributed by atoms with Crippen LogP contribution >= 0.6 is 0 Å². The van der Waals surface area contributed by atoms with Crippen molar-refractivity contribution in [3.05, 3.63) is 36.2 Å². The fourth-order valence-corrected chi connectivity index (χ4v) is 3.63. The molecule has 0 aromatic carbocycles. The van der Waals surface area contributed by atoms with E-state index in [0.717, 1.165) is 66.8 Å². The Morgan fingerprint density at radius 1 is 1.08 bits per heavy atom. The number of anilines is 2. The van der Waals surface area contributed by atoms with Crippen molar-refractivity contribution in [3.8, 4) is 0 Å². The van der Waals surface area contributed by atoms with Crippen molar-refractivity contribution in [1.29, 1.82) is 0 Å². The van der Waals surface area contributed by atoms with Crippen LogP contribution in [-0.4, -0.2) is 51.1 Å². The van der Waals surface area contributed by atoms with Crippen LogP contribution in [0.25, 0.3) is 11.0 Å². The average molecular weight is 349 g/mol. The molecule has 1 aliphatic carbocycles. The van der Waals surface area contributed by atoms with Crippen molar-refractivity contribution < 1.29 is 0 Å². The first-order valence-corrected chi connectivity index (χ1v) is 9.47. The van der Waals surface area contributed by atoms with Crippen LogP contribution in [0.4, 0.5) is 11.6 Å². The molecule has 3 aromatic rings. The van der Waals surface area contributed by atoms with Crippen LogP contribution in [0.2, 0.25) is 0 Å². The normalized spacial score (nSPS) is 17.9. The van der Waals surface area contributed by atoms with Crippen LogP contribution < -0.4 is 9.80 Å². The van der Waals surface area contributed by atoms with Crippen LogP contribution in [-0.2, 0) is 6.42 Å². The summed E-state index contributed by atoms with van der Waals surface area (Å²) in [5.41, 5.74) is 2.05. The maximum atomic E-state index is 4.87. The van der Waals surface area contributed by atoms with Crippen molar-refractivity contribution in [3.63, 3.8) is 0 Å². The highest BCUT2D eigenvalue weighted by atomic mass is 15.3. The van der Waals surface area contributed by atoms with Gasteiger partial charge in [-0.15, -0.1) is 0 Å². The highest BCUT2D eigenvalue weighted by Gasteiger charge is 2.28. The van der Waals surface area contributed by atoms with E-state index in [-0.39, 0.29) is 0 Å². The smallest absolute Gasteiger partial charge is 0.142 e. The molecule has 0 radical (unpaired) electrons. The Hall–Kier alpha value is -2.70. The Bertz CT molecular complexity index is 923. The summed E-state index contributed by atoms with van der Waals surface area (Å²) in [5, 5.41) is 1.09. The summed E-state index contributed by atoms with van der Waals surface area (Å²) in [6.45, 7) is 5.92. The Labute approximate surface area is 152 Å². The molecule has 1 saturated heterocycles. The SMILES string of the molecule is CCc1cc(N2CCN(c3ncnc4[nH]ccc34)CC2)nc(C2CC2)n1. The minimum atomic E-state index is 0.587. The number of nitrogens with zero attached hydrogens (tertiary/aromatic N) is 6. The summed E-state index contributed by atoms with van der Waals surface area (Å²) in [5.74, 6) is 3.75. The van der Waals surface area contributed by atoms with Crippen molar-refractivity contribution in [2.24, 2.45) is 0 Å². The Morgan fingerprint density at radius 3 is 2.65 bits per heavy atom. The van der Waals surface area contributed by atoms with Gasteiger partial charge in [0.25, 0.3) is 0 Å². The van der Waals surface area contributed by atoms with Crippen molar-refractivity contribution in [2.75, 3.05) is 36.0 Å². The molecule has 2 fully saturated rings. The predicted octanol–water partition coefficient (Wildman–Crippen LogP) is 2.51. The van der Waals surface area contributed by atoms with Gasteiger partial charge in [0, 0.05) is 50.1 Å². The monoisotopic (exact) mass is 349 g/mol. The fraction of sp³-hybridized carbons (Fsp3) is 0.474. The number of aromatic amines is 1. The van der Waals surface area contributed by atoms with Gasteiger partial charge < -0.3 is 14.8 Å². The summed E-state index contributed by atoms with van der Waals surface area (Å²) < 4.78 is 0. The molecule has 5 rings (SSSR count). The maximum absolute atomic E-state index is 4.87. The van der Waals surface area contributed by atoms with Gasteiger partial charge in [-0.1, -0.05) is 6.92 Å². The van der Waals surface area contributed by atoms with Crippen molar-refractivity contribution >= 4 is 22.7 Å². The molecule has 0 spiro atoms. The van der Waals surface area contributed by atoms with Gasteiger partial charge in [0.2, 0.25) is 0 Å². The molecule has 134 valence electrons. The minimum Gasteiger partial charge on any atom is -0.353 e. The molecular weight excluding hydrogens is 326 g/mol. The molecule has 0 bridgehead atoms. The number of piperazine rings is 1. The van der Waals surface area contributed by atoms with Gasteiger partial charge in [0.1, 0.15) is 29.4 Å². The van der Waals surface area contributed by atoms with Gasteiger partial charge in [-0.3, -0.25) is 0 Å². The third kappa shape index (κ3) is 2.77. The van der Waals surface area contributed by atoms with Crippen molar-refractivity contribution in [1.82, 2.24) is 24.9 Å². The van der Waals surface area contributed by atoms with Gasteiger partial charge in [0.05, 0.1) is 5.39 Å². The molecule has 2 aliphatic rings. The first kappa shape index (κ1) is 15.5. The number of aryl methyl sites for hydroxylation is 1. The summed E-state index contributed by atoms with van der Waals surface area (Å²) in [6, 6.07) is 4.22. The molecule has 7 heteroatoms. The van der Waals surface area contributed by atoms with E-state index in [1.165, 1.54) is 12.8 Å². The zero-order valence-electron chi connectivity index (χ0n) is 15.0. The highest BCUT2D eigenvalue weighted by Crippen LogP contribution is 2.38. The first-order valence-electron chi connectivity index (χ1n) is 9.47. The molecule has 0 amide bonds. The molecular formula is C19H23N7. The van der Waals surface area contributed by atoms with E-state index in [1.807, 2.05) is 6.20 Å². The number of H-pyrrole nitrogens is 1. The maximum Gasteiger partial charge on any atom is 0.142 e. The molecule has 4 heterocycles. The zero-order valence-corrected chi connectivity index (χ0v) is 15.0. The van der Waals surface area contributed by atoms with Crippen LogP contribution in [0.5, 0.6) is 0 Å². The number of nitrogens with one attached hydrogen (secondary N) is 1. The second kappa shape index (κ2) is 6.23. The van der Waals surface area contributed by atoms with E-state index >= 15 is 0 Å². The van der Waals surface area contributed by atoms with Crippen LogP contribution in [0, 0.1) is 0 Å². The lowest BCUT2D eigenvalue weighted by Gasteiger charge is -2.36. The van der Waals surface area contributed by atoms with E-state index in [2.05, 4.69) is 43.8 Å². The second-order valence-corrected chi connectivity index (χ2v) is 7.11. The molecule has 1 saturated carbocycles. The predicted molar refractivity (Wildman–Crippen MR) is 102 cm³/mol. The molecule has 1 N–H and O–H groups in total. The number of hydrogen-bond acceptors (Lipinski definition) is 6. The molecule has 0 atom stereocenters. The van der Waals surface area contributed by atoms with Gasteiger partial charge in [-0.25, -0.2) is 19.9 Å². The molecule has 1 aliphatic heterocycles. The number of fused-ring (bicyclic) bond motifs is 1. The third-order valence-electron chi connectivity index (χ3n) is 5.32. The largest absolute Gasteiger partial charge is 0.353 e. The summed E-state index contributed by atoms with van der Waals surface area (Å²) >= 11 is 0. The second-order valence-electron chi connectivity index (χ2n) is 7.11. The molecule has 26 heavy (non-hydrogen) atoms. The van der Waals surface area contributed by atoms with E-state index in [0.29, 0.717) is 5.92 Å². The Balaban J connectivity index is 1.36. The van der Waals surface area contributed by atoms with E-state index < -0.39 is 0 Å². The van der Waals surface area contributed by atoms with Gasteiger partial charge in [-0.2, -0.15) is 0 Å². The van der Waals surface area contributed by atoms with Gasteiger partial charge in [-0.05, 0) is 25.3 Å². The van der Waals surface area contributed by atoms with Crippen LogP contribution in [0.3, 0.4) is 0 Å². The van der Waals surface area contributed by atoms with E-state index in [9.17, 15) is 0 Å². The molecule has 0 unspecified atom stereocenters. The standard InChI is InChI=1S/C19H23N7/c1-2-14-11-16(24-17(23-14)13-3-4-13)25-7-9-26(10-8-25)19-15-5-6-20-18(15)21-12-22-19/h5-6,11-13H,2-4,7-10H2,1H3,(H,20,21,22). The lowest BCUT2D eigenvalue weighted by molar-refractivity contribution is 0.639. The van der Waals surface area contributed by atoms with Gasteiger partial charge in [0.15, 0.2) is 0 Å². The lowest BCUT2D eigenvalue weighted by atomic mass is 10.2. The third-order valence-corrected chi connectivity index (χ3v) is 5.32. The highest BCUT2D eigenvalue weighted by molar-refractivity contribution is 5.87. The summed E-state index contributed by atoms with van der Waals surface area (Å²) in [7, 11) is 0. The summed E-state index contributed by atoms with van der Waals surface area (Å²) in [6.07, 6.45) is 7.00. The quantitative estimate of drug-likeness (QED) is 0.780. The minimum absolute atomic E-state index is 0.587. The van der Waals surface area contributed by atoms with Crippen LogP contribution in [0.15, 0.2) is 24.7 Å².